The molecule has 0 unspecified atom stereocenters. The molecule has 0 radical (unpaired) electrons. The summed E-state index contributed by atoms with van der Waals surface area (Å²) in [5.74, 6) is 0. The van der Waals surface area contributed by atoms with Gasteiger partial charge in [-0.05, 0) is 67.7 Å². The van der Waals surface area contributed by atoms with Crippen LogP contribution < -0.4 is 0 Å². The lowest BCUT2D eigenvalue weighted by Crippen LogP contribution is -2.28. The normalized spacial score (nSPS) is 12.9. The average molecular weight is 800 g/mol. The lowest BCUT2D eigenvalue weighted by atomic mass is 9.66. The van der Waals surface area contributed by atoms with Gasteiger partial charge in [0.1, 0.15) is 0 Å². The maximum absolute atomic E-state index is 5.70. The number of aromatic nitrogens is 3. The summed E-state index contributed by atoms with van der Waals surface area (Å²) in [6, 6.07) is 80.9. The molecule has 0 fully saturated rings. The SMILES string of the molecule is c1ccc(-c2ccc3ccc4ccc(-c5cccc6c(-c7nc8ccc9c(c8c8ccccc78)C(c7ccccc7)(c7ccccc7)c7ccccc7-9)cccc56)nc4c3n2)cc1. The van der Waals surface area contributed by atoms with E-state index in [1.807, 2.05) is 6.07 Å². The van der Waals surface area contributed by atoms with Crippen molar-refractivity contribution >= 4 is 54.3 Å². The van der Waals surface area contributed by atoms with Crippen LogP contribution in [0.15, 0.2) is 224 Å². The van der Waals surface area contributed by atoms with Crippen molar-refractivity contribution < 1.29 is 0 Å². The number of hydrogen-bond acceptors (Lipinski definition) is 3. The molecule has 12 aromatic rings. The first-order valence-corrected chi connectivity index (χ1v) is 21.6. The second-order valence-corrected chi connectivity index (χ2v) is 16.6. The van der Waals surface area contributed by atoms with Gasteiger partial charge in [0.05, 0.1) is 39.0 Å². The molecule has 3 nitrogen and oxygen atoms in total. The van der Waals surface area contributed by atoms with Gasteiger partial charge in [0.2, 0.25) is 0 Å². The largest absolute Gasteiger partial charge is 0.247 e. The molecule has 9 aromatic carbocycles. The summed E-state index contributed by atoms with van der Waals surface area (Å²) >= 11 is 0. The molecule has 0 aliphatic heterocycles. The third kappa shape index (κ3) is 5.23. The molecule has 13 rings (SSSR count). The Morgan fingerprint density at radius 2 is 0.841 bits per heavy atom. The Kier molecular flexibility index (Phi) is 7.82. The molecule has 0 spiro atoms. The minimum Gasteiger partial charge on any atom is -0.247 e. The standard InChI is InChI=1S/C60H37N3/c1-4-16-38(17-5-1)52-35-32-39-30-31-40-33-36-53(62-58(40)57(39)61-52)46-27-14-26-44-43(46)25-15-28-49(44)59-50-24-11-10-23-47(50)55-54(63-59)37-34-48-45-22-12-13-29-51(45)60(56(48)55,41-18-6-2-7-19-41)42-20-8-3-9-21-42/h1-37H. The predicted octanol–water partition coefficient (Wildman–Crippen LogP) is 15.0. The molecule has 292 valence electrons. The van der Waals surface area contributed by atoms with E-state index in [0.29, 0.717) is 0 Å². The highest BCUT2D eigenvalue weighted by atomic mass is 14.8. The fourth-order valence-electron chi connectivity index (χ4n) is 10.6. The number of pyridine rings is 3. The van der Waals surface area contributed by atoms with Crippen LogP contribution in [0.1, 0.15) is 22.3 Å². The van der Waals surface area contributed by atoms with Crippen molar-refractivity contribution in [3.05, 3.63) is 247 Å². The monoisotopic (exact) mass is 799 g/mol. The maximum atomic E-state index is 5.70. The summed E-state index contributed by atoms with van der Waals surface area (Å²) in [4.78, 5) is 16.3. The van der Waals surface area contributed by atoms with Crippen molar-refractivity contribution in [2.24, 2.45) is 0 Å². The summed E-state index contributed by atoms with van der Waals surface area (Å²) in [7, 11) is 0. The van der Waals surface area contributed by atoms with E-state index in [9.17, 15) is 0 Å². The third-order valence-electron chi connectivity index (χ3n) is 13.3. The molecule has 1 aliphatic carbocycles. The topological polar surface area (TPSA) is 38.7 Å². The number of fused-ring (bicyclic) bond motifs is 11. The Morgan fingerprint density at radius 1 is 0.317 bits per heavy atom. The van der Waals surface area contributed by atoms with Crippen LogP contribution in [0.2, 0.25) is 0 Å². The van der Waals surface area contributed by atoms with Crippen molar-refractivity contribution in [3.8, 4) is 44.9 Å². The lowest BCUT2D eigenvalue weighted by molar-refractivity contribution is 0.776. The molecule has 63 heavy (non-hydrogen) atoms. The van der Waals surface area contributed by atoms with Crippen LogP contribution in [0.25, 0.3) is 99.2 Å². The third-order valence-corrected chi connectivity index (χ3v) is 13.3. The van der Waals surface area contributed by atoms with E-state index in [2.05, 4.69) is 218 Å². The number of benzene rings is 9. The predicted molar refractivity (Wildman–Crippen MR) is 261 cm³/mol. The highest BCUT2D eigenvalue weighted by molar-refractivity contribution is 6.18. The number of rotatable bonds is 5. The summed E-state index contributed by atoms with van der Waals surface area (Å²) in [6.45, 7) is 0. The van der Waals surface area contributed by atoms with Crippen molar-refractivity contribution in [2.45, 2.75) is 5.41 Å². The Hall–Kier alpha value is -8.27. The van der Waals surface area contributed by atoms with Crippen LogP contribution in [0.3, 0.4) is 0 Å². The van der Waals surface area contributed by atoms with Crippen LogP contribution in [0, 0.1) is 0 Å². The van der Waals surface area contributed by atoms with E-state index < -0.39 is 5.41 Å². The summed E-state index contributed by atoms with van der Waals surface area (Å²) < 4.78 is 0. The molecule has 1 aliphatic rings. The van der Waals surface area contributed by atoms with E-state index in [0.717, 1.165) is 77.3 Å². The minimum atomic E-state index is -0.551. The summed E-state index contributed by atoms with van der Waals surface area (Å²) in [6.07, 6.45) is 0. The van der Waals surface area contributed by atoms with Gasteiger partial charge in [-0.15, -0.1) is 0 Å². The highest BCUT2D eigenvalue weighted by Gasteiger charge is 2.47. The Balaban J connectivity index is 1.04. The zero-order valence-corrected chi connectivity index (χ0v) is 34.2. The molecule has 0 atom stereocenters. The molecule has 3 heteroatoms. The van der Waals surface area contributed by atoms with Gasteiger partial charge in [-0.25, -0.2) is 15.0 Å². The van der Waals surface area contributed by atoms with E-state index in [-0.39, 0.29) is 0 Å². The van der Waals surface area contributed by atoms with Crippen molar-refractivity contribution in [1.29, 1.82) is 0 Å². The van der Waals surface area contributed by atoms with Gasteiger partial charge in [-0.3, -0.25) is 0 Å². The van der Waals surface area contributed by atoms with Gasteiger partial charge in [0, 0.05) is 38.2 Å². The first-order valence-electron chi connectivity index (χ1n) is 21.6. The fraction of sp³-hybridized carbons (Fsp3) is 0.0167. The van der Waals surface area contributed by atoms with Gasteiger partial charge < -0.3 is 0 Å². The molecule has 0 saturated heterocycles. The molecule has 0 saturated carbocycles. The second kappa shape index (κ2) is 13.9. The van der Waals surface area contributed by atoms with Gasteiger partial charge in [-0.2, -0.15) is 0 Å². The van der Waals surface area contributed by atoms with Gasteiger partial charge in [0.15, 0.2) is 0 Å². The molecule has 0 N–H and O–H groups in total. The first kappa shape index (κ1) is 35.5. The highest BCUT2D eigenvalue weighted by Crippen LogP contribution is 2.59. The second-order valence-electron chi connectivity index (χ2n) is 16.6. The zero-order chi connectivity index (χ0) is 41.5. The van der Waals surface area contributed by atoms with Crippen LogP contribution in [0.4, 0.5) is 0 Å². The molecular formula is C60H37N3. The van der Waals surface area contributed by atoms with E-state index in [1.165, 1.54) is 44.2 Å². The van der Waals surface area contributed by atoms with Crippen LogP contribution in [-0.4, -0.2) is 15.0 Å². The summed E-state index contributed by atoms with van der Waals surface area (Å²) in [5, 5.41) is 7.90. The Labute approximate surface area is 364 Å². The van der Waals surface area contributed by atoms with Crippen molar-refractivity contribution in [1.82, 2.24) is 15.0 Å². The van der Waals surface area contributed by atoms with Crippen molar-refractivity contribution in [2.75, 3.05) is 0 Å². The fourth-order valence-corrected chi connectivity index (χ4v) is 10.6. The number of hydrogen-bond donors (Lipinski definition) is 0. The van der Waals surface area contributed by atoms with Crippen molar-refractivity contribution in [3.63, 3.8) is 0 Å². The number of nitrogens with zero attached hydrogens (tertiary/aromatic N) is 3. The van der Waals surface area contributed by atoms with Gasteiger partial charge in [-0.1, -0.05) is 206 Å². The maximum Gasteiger partial charge on any atom is 0.0972 e. The van der Waals surface area contributed by atoms with Crippen LogP contribution in [-0.2, 0) is 5.41 Å². The van der Waals surface area contributed by atoms with E-state index in [1.54, 1.807) is 0 Å². The van der Waals surface area contributed by atoms with E-state index >= 15 is 0 Å². The molecular weight excluding hydrogens is 763 g/mol. The quantitative estimate of drug-likeness (QED) is 0.163. The Bertz CT molecular complexity index is 3750. The van der Waals surface area contributed by atoms with Crippen LogP contribution >= 0.6 is 0 Å². The lowest BCUT2D eigenvalue weighted by Gasteiger charge is -2.35. The molecule has 0 amide bonds. The molecule has 3 aromatic heterocycles. The smallest absolute Gasteiger partial charge is 0.0972 e. The average Bonchev–Trinajstić information content (AvgIpc) is 3.67. The first-order chi connectivity index (χ1) is 31.3. The summed E-state index contributed by atoms with van der Waals surface area (Å²) in [5.41, 5.74) is 15.9. The van der Waals surface area contributed by atoms with Gasteiger partial charge in [0.25, 0.3) is 0 Å². The molecule has 0 bridgehead atoms. The zero-order valence-electron chi connectivity index (χ0n) is 34.2. The van der Waals surface area contributed by atoms with E-state index in [4.69, 9.17) is 15.0 Å². The van der Waals surface area contributed by atoms with Crippen LogP contribution in [0.5, 0.6) is 0 Å². The molecule has 3 heterocycles. The minimum absolute atomic E-state index is 0.551. The van der Waals surface area contributed by atoms with Gasteiger partial charge >= 0.3 is 0 Å². The Morgan fingerprint density at radius 3 is 1.56 bits per heavy atom.